The third kappa shape index (κ3) is 5.50. The number of carbonyl (C=O) groups is 1. The van der Waals surface area contributed by atoms with E-state index in [0.717, 1.165) is 24.8 Å². The van der Waals surface area contributed by atoms with Crippen LogP contribution in [0.4, 0.5) is 0 Å². The summed E-state index contributed by atoms with van der Waals surface area (Å²) in [5, 5.41) is 2.88. The van der Waals surface area contributed by atoms with Crippen LogP contribution in [0.5, 0.6) is 0 Å². The maximum atomic E-state index is 11.5. The van der Waals surface area contributed by atoms with Gasteiger partial charge in [-0.25, -0.2) is 0 Å². The van der Waals surface area contributed by atoms with Gasteiger partial charge in [-0.3, -0.25) is 4.79 Å². The summed E-state index contributed by atoms with van der Waals surface area (Å²) >= 11 is 0. The Labute approximate surface area is 104 Å². The Hall–Kier alpha value is -0.610. The molecule has 1 saturated carbocycles. The third-order valence-corrected chi connectivity index (χ3v) is 3.67. The summed E-state index contributed by atoms with van der Waals surface area (Å²) in [6, 6.07) is -0.536. The lowest BCUT2D eigenvalue weighted by Gasteiger charge is -2.26. The standard InChI is InChI=1S/C13H26N2O2/c1-10-3-5-11(6-4-10)7-8-15-13(16)12(14)9-17-2/h10-12H,3-9,14H2,1-2H3,(H,15,16). The van der Waals surface area contributed by atoms with Crippen LogP contribution in [-0.2, 0) is 9.53 Å². The lowest BCUT2D eigenvalue weighted by molar-refractivity contribution is -0.123. The van der Waals surface area contributed by atoms with Gasteiger partial charge in [0.25, 0.3) is 0 Å². The molecule has 1 atom stereocenters. The fourth-order valence-corrected chi connectivity index (χ4v) is 2.40. The van der Waals surface area contributed by atoms with Gasteiger partial charge in [-0.2, -0.15) is 0 Å². The van der Waals surface area contributed by atoms with Gasteiger partial charge in [-0.05, 0) is 18.3 Å². The van der Waals surface area contributed by atoms with E-state index in [1.807, 2.05) is 0 Å². The molecule has 0 aromatic heterocycles. The van der Waals surface area contributed by atoms with E-state index in [4.69, 9.17) is 10.5 Å². The summed E-state index contributed by atoms with van der Waals surface area (Å²) in [5.74, 6) is 1.57. The van der Waals surface area contributed by atoms with Crippen molar-refractivity contribution in [2.45, 2.75) is 45.1 Å². The van der Waals surface area contributed by atoms with Crippen molar-refractivity contribution < 1.29 is 9.53 Å². The van der Waals surface area contributed by atoms with Gasteiger partial charge in [0.2, 0.25) is 5.91 Å². The molecule has 100 valence electrons. The Morgan fingerprint density at radius 1 is 1.41 bits per heavy atom. The van der Waals surface area contributed by atoms with Crippen LogP contribution in [0.15, 0.2) is 0 Å². The molecule has 4 heteroatoms. The summed E-state index contributed by atoms with van der Waals surface area (Å²) in [7, 11) is 1.55. The summed E-state index contributed by atoms with van der Waals surface area (Å²) in [6.07, 6.45) is 6.37. The zero-order valence-corrected chi connectivity index (χ0v) is 11.1. The maximum Gasteiger partial charge on any atom is 0.239 e. The molecule has 0 aliphatic heterocycles. The van der Waals surface area contributed by atoms with Crippen molar-refractivity contribution >= 4 is 5.91 Å². The van der Waals surface area contributed by atoms with Gasteiger partial charge in [-0.1, -0.05) is 32.6 Å². The normalized spacial score (nSPS) is 26.5. The van der Waals surface area contributed by atoms with Crippen LogP contribution in [0.25, 0.3) is 0 Å². The molecule has 0 aromatic rings. The highest BCUT2D eigenvalue weighted by molar-refractivity contribution is 5.81. The number of rotatable bonds is 6. The van der Waals surface area contributed by atoms with Crippen LogP contribution in [-0.4, -0.2) is 32.2 Å². The van der Waals surface area contributed by atoms with E-state index in [1.54, 1.807) is 7.11 Å². The zero-order chi connectivity index (χ0) is 12.7. The van der Waals surface area contributed by atoms with Crippen molar-refractivity contribution in [1.82, 2.24) is 5.32 Å². The quantitative estimate of drug-likeness (QED) is 0.737. The van der Waals surface area contributed by atoms with Crippen molar-refractivity contribution in [1.29, 1.82) is 0 Å². The number of nitrogens with two attached hydrogens (primary N) is 1. The van der Waals surface area contributed by atoms with E-state index in [1.165, 1.54) is 25.7 Å². The smallest absolute Gasteiger partial charge is 0.239 e. The fraction of sp³-hybridized carbons (Fsp3) is 0.923. The monoisotopic (exact) mass is 242 g/mol. The Bertz CT molecular complexity index is 225. The van der Waals surface area contributed by atoms with Gasteiger partial charge in [0.15, 0.2) is 0 Å². The molecule has 4 nitrogen and oxygen atoms in total. The number of hydrogen-bond acceptors (Lipinski definition) is 3. The molecule has 1 fully saturated rings. The van der Waals surface area contributed by atoms with Crippen LogP contribution in [0.1, 0.15) is 39.0 Å². The number of ether oxygens (including phenoxy) is 1. The first-order valence-corrected chi connectivity index (χ1v) is 6.65. The first-order chi connectivity index (χ1) is 8.13. The molecule has 0 heterocycles. The molecule has 3 N–H and O–H groups in total. The van der Waals surface area contributed by atoms with E-state index < -0.39 is 6.04 Å². The lowest BCUT2D eigenvalue weighted by atomic mass is 9.81. The Balaban J connectivity index is 2.09. The van der Waals surface area contributed by atoms with Crippen LogP contribution in [0.3, 0.4) is 0 Å². The minimum atomic E-state index is -0.536. The molecule has 1 aliphatic carbocycles. The molecular weight excluding hydrogens is 216 g/mol. The Kier molecular flexibility index (Phi) is 6.52. The molecule has 17 heavy (non-hydrogen) atoms. The van der Waals surface area contributed by atoms with Gasteiger partial charge < -0.3 is 15.8 Å². The summed E-state index contributed by atoms with van der Waals surface area (Å²) < 4.78 is 4.85. The largest absolute Gasteiger partial charge is 0.383 e. The minimum Gasteiger partial charge on any atom is -0.383 e. The van der Waals surface area contributed by atoms with Crippen LogP contribution in [0.2, 0.25) is 0 Å². The van der Waals surface area contributed by atoms with Crippen LogP contribution in [0, 0.1) is 11.8 Å². The SMILES string of the molecule is COCC(N)C(=O)NCCC1CCC(C)CC1. The average Bonchev–Trinajstić information content (AvgIpc) is 2.32. The Morgan fingerprint density at radius 2 is 2.06 bits per heavy atom. The molecule has 0 saturated heterocycles. The van der Waals surface area contributed by atoms with E-state index in [-0.39, 0.29) is 12.5 Å². The van der Waals surface area contributed by atoms with Crippen molar-refractivity contribution in [2.75, 3.05) is 20.3 Å². The highest BCUT2D eigenvalue weighted by Gasteiger charge is 2.18. The average molecular weight is 242 g/mol. The first kappa shape index (κ1) is 14.5. The second kappa shape index (κ2) is 7.67. The maximum absolute atomic E-state index is 11.5. The first-order valence-electron chi connectivity index (χ1n) is 6.65. The molecule has 0 aromatic carbocycles. The second-order valence-electron chi connectivity index (χ2n) is 5.27. The van der Waals surface area contributed by atoms with Gasteiger partial charge >= 0.3 is 0 Å². The molecular formula is C13H26N2O2. The predicted molar refractivity (Wildman–Crippen MR) is 68.6 cm³/mol. The van der Waals surface area contributed by atoms with E-state index in [0.29, 0.717) is 0 Å². The molecule has 0 radical (unpaired) electrons. The van der Waals surface area contributed by atoms with E-state index >= 15 is 0 Å². The van der Waals surface area contributed by atoms with Crippen molar-refractivity contribution in [2.24, 2.45) is 17.6 Å². The third-order valence-electron chi connectivity index (χ3n) is 3.67. The van der Waals surface area contributed by atoms with Gasteiger partial charge in [0.1, 0.15) is 6.04 Å². The molecule has 1 rings (SSSR count). The second-order valence-corrected chi connectivity index (χ2v) is 5.27. The van der Waals surface area contributed by atoms with Crippen molar-refractivity contribution in [3.63, 3.8) is 0 Å². The number of nitrogens with one attached hydrogen (secondary N) is 1. The predicted octanol–water partition coefficient (Wildman–Crippen LogP) is 1.29. The molecule has 0 bridgehead atoms. The molecule has 1 amide bonds. The summed E-state index contributed by atoms with van der Waals surface area (Å²) in [5.41, 5.74) is 5.63. The number of amides is 1. The highest BCUT2D eigenvalue weighted by atomic mass is 16.5. The van der Waals surface area contributed by atoms with Gasteiger partial charge in [0, 0.05) is 13.7 Å². The summed E-state index contributed by atoms with van der Waals surface area (Å²) in [6.45, 7) is 3.35. The van der Waals surface area contributed by atoms with Gasteiger partial charge in [-0.15, -0.1) is 0 Å². The lowest BCUT2D eigenvalue weighted by Crippen LogP contribution is -2.44. The topological polar surface area (TPSA) is 64.3 Å². The number of carbonyl (C=O) groups excluding carboxylic acids is 1. The molecule has 0 spiro atoms. The van der Waals surface area contributed by atoms with E-state index in [2.05, 4.69) is 12.2 Å². The number of methoxy groups -OCH3 is 1. The zero-order valence-electron chi connectivity index (χ0n) is 11.1. The van der Waals surface area contributed by atoms with Crippen molar-refractivity contribution in [3.8, 4) is 0 Å². The van der Waals surface area contributed by atoms with E-state index in [9.17, 15) is 4.79 Å². The molecule has 1 aliphatic rings. The van der Waals surface area contributed by atoms with Crippen LogP contribution < -0.4 is 11.1 Å². The number of hydrogen-bond donors (Lipinski definition) is 2. The Morgan fingerprint density at radius 3 is 2.65 bits per heavy atom. The molecule has 1 unspecified atom stereocenters. The van der Waals surface area contributed by atoms with Gasteiger partial charge in [0.05, 0.1) is 6.61 Å². The fourth-order valence-electron chi connectivity index (χ4n) is 2.40. The van der Waals surface area contributed by atoms with Crippen molar-refractivity contribution in [3.05, 3.63) is 0 Å². The summed E-state index contributed by atoms with van der Waals surface area (Å²) in [4.78, 5) is 11.5. The minimum absolute atomic E-state index is 0.101. The highest BCUT2D eigenvalue weighted by Crippen LogP contribution is 2.29. The van der Waals surface area contributed by atoms with Crippen LogP contribution >= 0.6 is 0 Å².